The van der Waals surface area contributed by atoms with Crippen molar-refractivity contribution in [2.24, 2.45) is 0 Å². The maximum Gasteiger partial charge on any atom is 0.299 e. The Kier molecular flexibility index (Phi) is 2.35. The topological polar surface area (TPSA) is 43.4 Å². The summed E-state index contributed by atoms with van der Waals surface area (Å²) < 4.78 is 26.6. The highest BCUT2D eigenvalue weighted by Gasteiger charge is 2.11. The lowest BCUT2D eigenvalue weighted by Crippen LogP contribution is -1.92. The second kappa shape index (κ2) is 4.08. The highest BCUT2D eigenvalue weighted by molar-refractivity contribution is 7.67. The lowest BCUT2D eigenvalue weighted by Gasteiger charge is -2.12. The minimum absolute atomic E-state index is 0.381. The molecule has 20 heavy (non-hydrogen) atoms. The van der Waals surface area contributed by atoms with E-state index in [1.165, 1.54) is 0 Å². The summed E-state index contributed by atoms with van der Waals surface area (Å²) >= 11 is 0. The van der Waals surface area contributed by atoms with Crippen LogP contribution in [0.2, 0.25) is 0 Å². The molecule has 4 heteroatoms. The Morgan fingerprint density at radius 2 is 1.30 bits per heavy atom. The van der Waals surface area contributed by atoms with Crippen molar-refractivity contribution in [3.05, 3.63) is 54.6 Å². The zero-order valence-corrected chi connectivity index (χ0v) is 11.3. The molecule has 3 nitrogen and oxygen atoms in total. The molecule has 0 amide bonds. The monoisotopic (exact) mass is 282 g/mol. The van der Waals surface area contributed by atoms with E-state index >= 15 is 0 Å². The lowest BCUT2D eigenvalue weighted by atomic mass is 9.94. The van der Waals surface area contributed by atoms with Crippen LogP contribution < -0.4 is 4.18 Å². The van der Waals surface area contributed by atoms with Gasteiger partial charge in [0.2, 0.25) is 0 Å². The molecule has 0 aliphatic carbocycles. The second-order valence-electron chi connectivity index (χ2n) is 4.73. The largest absolute Gasteiger partial charge is 0.384 e. The van der Waals surface area contributed by atoms with E-state index in [1.807, 2.05) is 30.3 Å². The van der Waals surface area contributed by atoms with Crippen LogP contribution >= 0.6 is 0 Å². The third kappa shape index (κ3) is 1.55. The van der Waals surface area contributed by atoms with Crippen LogP contribution in [0.4, 0.5) is 0 Å². The summed E-state index contributed by atoms with van der Waals surface area (Å²) in [7, 11) is -2.91. The minimum Gasteiger partial charge on any atom is -0.384 e. The molecular weight excluding hydrogens is 272 g/mol. The number of thiol groups is 1. The van der Waals surface area contributed by atoms with Gasteiger partial charge in [0, 0.05) is 10.8 Å². The molecule has 0 N–H and O–H groups in total. The summed E-state index contributed by atoms with van der Waals surface area (Å²) in [6.07, 6.45) is 0. The summed E-state index contributed by atoms with van der Waals surface area (Å²) in [5, 5.41) is 6.39. The Labute approximate surface area is 116 Å². The number of hydrogen-bond acceptors (Lipinski definition) is 3. The third-order valence-corrected chi connectivity index (χ3v) is 4.01. The van der Waals surface area contributed by atoms with Crippen LogP contribution in [0.3, 0.4) is 0 Å². The van der Waals surface area contributed by atoms with Crippen LogP contribution in [0, 0.1) is 0 Å². The maximum atomic E-state index is 10.8. The zero-order chi connectivity index (χ0) is 13.7. The molecule has 0 saturated heterocycles. The molecule has 0 aromatic heterocycles. The average molecular weight is 282 g/mol. The fourth-order valence-electron chi connectivity index (χ4n) is 2.87. The first-order chi connectivity index (χ1) is 9.74. The molecule has 4 rings (SSSR count). The molecule has 0 bridgehead atoms. The summed E-state index contributed by atoms with van der Waals surface area (Å²) in [6, 6.07) is 17.8. The van der Waals surface area contributed by atoms with E-state index in [-0.39, 0.29) is 0 Å². The Morgan fingerprint density at radius 3 is 2.00 bits per heavy atom. The number of benzene rings is 4. The molecule has 0 unspecified atom stereocenters. The van der Waals surface area contributed by atoms with Crippen molar-refractivity contribution < 1.29 is 12.6 Å². The number of hydrogen-bond donors (Lipinski definition) is 1. The molecule has 4 aromatic rings. The normalized spacial score (nSPS) is 11.8. The van der Waals surface area contributed by atoms with E-state index in [1.54, 1.807) is 6.07 Å². The lowest BCUT2D eigenvalue weighted by molar-refractivity contribution is 0.513. The standard InChI is InChI=1S/C16H10O3S/c17-20(18)19-14-9-7-12-5-4-10-2-1-3-11-6-8-13(14)16(12)15(10)11/h1-9,20H. The van der Waals surface area contributed by atoms with Crippen molar-refractivity contribution in [3.63, 3.8) is 0 Å². The van der Waals surface area contributed by atoms with E-state index in [0.717, 1.165) is 32.3 Å². The van der Waals surface area contributed by atoms with Crippen molar-refractivity contribution in [1.82, 2.24) is 0 Å². The van der Waals surface area contributed by atoms with E-state index in [4.69, 9.17) is 4.18 Å². The van der Waals surface area contributed by atoms with E-state index < -0.39 is 11.0 Å². The second-order valence-corrected chi connectivity index (χ2v) is 5.36. The molecule has 0 heterocycles. The van der Waals surface area contributed by atoms with Gasteiger partial charge in [-0.15, -0.1) is 0 Å². The van der Waals surface area contributed by atoms with Gasteiger partial charge in [0.1, 0.15) is 5.75 Å². The molecular formula is C16H10O3S. The molecule has 0 fully saturated rings. The van der Waals surface area contributed by atoms with Gasteiger partial charge in [0.15, 0.2) is 0 Å². The summed E-state index contributed by atoms with van der Waals surface area (Å²) in [5.41, 5.74) is 0. The molecule has 0 saturated carbocycles. The van der Waals surface area contributed by atoms with Gasteiger partial charge in [0.25, 0.3) is 11.0 Å². The van der Waals surface area contributed by atoms with Crippen LogP contribution in [-0.4, -0.2) is 8.42 Å². The molecule has 0 atom stereocenters. The fourth-order valence-corrected chi connectivity index (χ4v) is 3.19. The van der Waals surface area contributed by atoms with Crippen LogP contribution in [0.15, 0.2) is 54.6 Å². The predicted octanol–water partition coefficient (Wildman–Crippen LogP) is 3.49. The van der Waals surface area contributed by atoms with Crippen LogP contribution in [-0.2, 0) is 11.0 Å². The predicted molar refractivity (Wildman–Crippen MR) is 81.1 cm³/mol. The van der Waals surface area contributed by atoms with Crippen LogP contribution in [0.25, 0.3) is 32.3 Å². The Balaban J connectivity index is 2.25. The number of rotatable bonds is 2. The molecule has 0 spiro atoms. The first kappa shape index (κ1) is 11.5. The van der Waals surface area contributed by atoms with Crippen LogP contribution in [0.5, 0.6) is 5.75 Å². The Hall–Kier alpha value is -2.33. The fraction of sp³-hybridized carbons (Fsp3) is 0. The average Bonchev–Trinajstić information content (AvgIpc) is 2.46. The Morgan fingerprint density at radius 1 is 0.700 bits per heavy atom. The van der Waals surface area contributed by atoms with E-state index in [2.05, 4.69) is 18.2 Å². The smallest absolute Gasteiger partial charge is 0.299 e. The van der Waals surface area contributed by atoms with Gasteiger partial charge in [-0.3, -0.25) is 0 Å². The highest BCUT2D eigenvalue weighted by Crippen LogP contribution is 2.38. The van der Waals surface area contributed by atoms with Gasteiger partial charge in [0.05, 0.1) is 0 Å². The SMILES string of the molecule is O=[SH](=O)Oc1ccc2ccc3cccc4ccc1c2c34. The summed E-state index contributed by atoms with van der Waals surface area (Å²) in [6.45, 7) is 0. The highest BCUT2D eigenvalue weighted by atomic mass is 32.2. The van der Waals surface area contributed by atoms with Crippen molar-refractivity contribution in [2.75, 3.05) is 0 Å². The molecule has 4 aromatic carbocycles. The summed E-state index contributed by atoms with van der Waals surface area (Å²) in [5.74, 6) is 0.381. The third-order valence-electron chi connectivity index (χ3n) is 3.66. The molecule has 0 aliphatic rings. The van der Waals surface area contributed by atoms with Crippen molar-refractivity contribution in [1.29, 1.82) is 0 Å². The van der Waals surface area contributed by atoms with E-state index in [0.29, 0.717) is 5.75 Å². The quantitative estimate of drug-likeness (QED) is 0.452. The first-order valence-corrected chi connectivity index (χ1v) is 7.32. The van der Waals surface area contributed by atoms with Crippen LogP contribution in [0.1, 0.15) is 0 Å². The van der Waals surface area contributed by atoms with Crippen molar-refractivity contribution in [2.45, 2.75) is 0 Å². The Bertz CT molecular complexity index is 994. The maximum absolute atomic E-state index is 10.8. The summed E-state index contributed by atoms with van der Waals surface area (Å²) in [4.78, 5) is 0. The molecule has 0 radical (unpaired) electrons. The minimum atomic E-state index is -2.91. The van der Waals surface area contributed by atoms with Gasteiger partial charge in [-0.1, -0.05) is 42.5 Å². The molecule has 98 valence electrons. The van der Waals surface area contributed by atoms with E-state index in [9.17, 15) is 8.42 Å². The van der Waals surface area contributed by atoms with Gasteiger partial charge in [-0.2, -0.15) is 8.42 Å². The van der Waals surface area contributed by atoms with Gasteiger partial charge < -0.3 is 4.18 Å². The van der Waals surface area contributed by atoms with Gasteiger partial charge in [-0.25, -0.2) is 0 Å². The van der Waals surface area contributed by atoms with Gasteiger partial charge >= 0.3 is 0 Å². The zero-order valence-electron chi connectivity index (χ0n) is 10.4. The van der Waals surface area contributed by atoms with Crippen molar-refractivity contribution in [3.8, 4) is 5.75 Å². The van der Waals surface area contributed by atoms with Crippen molar-refractivity contribution >= 4 is 43.3 Å². The first-order valence-electron chi connectivity index (χ1n) is 6.23. The molecule has 0 aliphatic heterocycles. The van der Waals surface area contributed by atoms with Gasteiger partial charge in [-0.05, 0) is 33.7 Å².